The predicted molar refractivity (Wildman–Crippen MR) is 91.9 cm³/mol. The minimum atomic E-state index is -0.635. The summed E-state index contributed by atoms with van der Waals surface area (Å²) in [7, 11) is 0. The second kappa shape index (κ2) is 4.94. The maximum absolute atomic E-state index is 12.4. The van der Waals surface area contributed by atoms with Gasteiger partial charge in [0.2, 0.25) is 0 Å². The lowest BCUT2D eigenvalue weighted by Crippen LogP contribution is -2.55. The molecule has 0 aromatic rings. The first-order valence-electron chi connectivity index (χ1n) is 9.72. The summed E-state index contributed by atoms with van der Waals surface area (Å²) in [4.78, 5) is 12.4. The molecule has 0 saturated heterocycles. The first-order chi connectivity index (χ1) is 10.8. The Morgan fingerprint density at radius 1 is 1.09 bits per heavy atom. The highest BCUT2D eigenvalue weighted by Crippen LogP contribution is 2.66. The minimum absolute atomic E-state index is 0.0130. The number of carbonyl (C=O) groups excluding carboxylic acids is 1. The van der Waals surface area contributed by atoms with Crippen molar-refractivity contribution < 1.29 is 9.90 Å². The van der Waals surface area contributed by atoms with Gasteiger partial charge in [0, 0.05) is 11.8 Å². The molecule has 4 saturated carbocycles. The maximum atomic E-state index is 12.4. The molecule has 0 radical (unpaired) electrons. The number of ketones is 1. The van der Waals surface area contributed by atoms with E-state index in [1.807, 2.05) is 0 Å². The summed E-state index contributed by atoms with van der Waals surface area (Å²) in [6.45, 7) is 8.63. The lowest BCUT2D eigenvalue weighted by Gasteiger charge is -2.61. The lowest BCUT2D eigenvalue weighted by atomic mass is 9.44. The molecule has 0 bridgehead atoms. The molecule has 1 N–H and O–H groups in total. The third-order valence-electron chi connectivity index (χ3n) is 8.85. The van der Waals surface area contributed by atoms with Crippen molar-refractivity contribution in [1.82, 2.24) is 0 Å². The summed E-state index contributed by atoms with van der Waals surface area (Å²) in [6.07, 6.45) is 11.5. The van der Waals surface area contributed by atoms with Gasteiger partial charge in [-0.05, 0) is 80.5 Å². The van der Waals surface area contributed by atoms with E-state index in [0.717, 1.165) is 50.4 Å². The zero-order chi connectivity index (χ0) is 16.5. The van der Waals surface area contributed by atoms with Crippen molar-refractivity contribution in [3.8, 4) is 0 Å². The summed E-state index contributed by atoms with van der Waals surface area (Å²) < 4.78 is 0. The molecule has 4 aliphatic carbocycles. The molecule has 23 heavy (non-hydrogen) atoms. The molecule has 0 unspecified atom stereocenters. The monoisotopic (exact) mass is 316 g/mol. The molecule has 0 spiro atoms. The quantitative estimate of drug-likeness (QED) is 0.722. The van der Waals surface area contributed by atoms with Gasteiger partial charge in [0.25, 0.3) is 0 Å². The molecule has 0 amide bonds. The van der Waals surface area contributed by atoms with E-state index in [1.54, 1.807) is 6.08 Å². The van der Waals surface area contributed by atoms with Gasteiger partial charge in [0.05, 0.1) is 5.60 Å². The van der Waals surface area contributed by atoms with E-state index < -0.39 is 5.60 Å². The van der Waals surface area contributed by atoms with Crippen molar-refractivity contribution in [2.45, 2.75) is 77.2 Å². The van der Waals surface area contributed by atoms with E-state index in [1.165, 1.54) is 19.3 Å². The van der Waals surface area contributed by atoms with Crippen molar-refractivity contribution in [2.24, 2.45) is 34.5 Å². The molecule has 128 valence electrons. The van der Waals surface area contributed by atoms with E-state index >= 15 is 0 Å². The van der Waals surface area contributed by atoms with Crippen LogP contribution in [0, 0.1) is 34.5 Å². The number of Topliss-reactive ketones (excluding diaryl/α,β-unsaturated/α-hetero) is 1. The van der Waals surface area contributed by atoms with Crippen molar-refractivity contribution in [3.63, 3.8) is 0 Å². The van der Waals surface area contributed by atoms with Gasteiger partial charge in [-0.25, -0.2) is 0 Å². The van der Waals surface area contributed by atoms with Crippen LogP contribution >= 0.6 is 0 Å². The molecule has 0 heterocycles. The van der Waals surface area contributed by atoms with Crippen LogP contribution in [0.15, 0.2) is 12.7 Å². The number of aliphatic hydroxyl groups is 1. The Kier molecular flexibility index (Phi) is 3.41. The molecule has 4 fully saturated rings. The van der Waals surface area contributed by atoms with Gasteiger partial charge in [0.1, 0.15) is 5.78 Å². The Hall–Kier alpha value is -0.630. The first kappa shape index (κ1) is 15.9. The fourth-order valence-corrected chi connectivity index (χ4v) is 7.23. The molecule has 0 aliphatic heterocycles. The second-order valence-electron chi connectivity index (χ2n) is 9.59. The number of hydrogen-bond donors (Lipinski definition) is 1. The molecule has 7 atom stereocenters. The Bertz CT molecular complexity index is 540. The number of hydrogen-bond acceptors (Lipinski definition) is 2. The third-order valence-corrected chi connectivity index (χ3v) is 8.85. The van der Waals surface area contributed by atoms with Crippen molar-refractivity contribution in [3.05, 3.63) is 12.7 Å². The summed E-state index contributed by atoms with van der Waals surface area (Å²) in [5.74, 6) is 3.31. The van der Waals surface area contributed by atoms with Gasteiger partial charge in [-0.2, -0.15) is 0 Å². The van der Waals surface area contributed by atoms with Gasteiger partial charge in [-0.3, -0.25) is 4.79 Å². The fraction of sp³-hybridized carbons (Fsp3) is 0.857. The van der Waals surface area contributed by atoms with Crippen molar-refractivity contribution >= 4 is 5.78 Å². The van der Waals surface area contributed by atoms with Crippen LogP contribution in [-0.2, 0) is 4.79 Å². The van der Waals surface area contributed by atoms with Crippen LogP contribution in [0.5, 0.6) is 0 Å². The minimum Gasteiger partial charge on any atom is -0.386 e. The summed E-state index contributed by atoms with van der Waals surface area (Å²) in [5.41, 5.74) is -0.282. The summed E-state index contributed by atoms with van der Waals surface area (Å²) >= 11 is 0. The Morgan fingerprint density at radius 2 is 1.87 bits per heavy atom. The Morgan fingerprint density at radius 3 is 2.61 bits per heavy atom. The molecule has 2 nitrogen and oxygen atoms in total. The second-order valence-corrected chi connectivity index (χ2v) is 9.59. The number of fused-ring (bicyclic) bond motifs is 5. The van der Waals surface area contributed by atoms with Crippen LogP contribution in [-0.4, -0.2) is 16.5 Å². The van der Waals surface area contributed by atoms with Crippen molar-refractivity contribution in [2.75, 3.05) is 0 Å². The SMILES string of the molecule is C=C[C@]1(O)CC[C@@]2(C)[C@@H](CC[C@@H]3[C@H]2CC[C@]2(C)C(=O)CC[C@@H]32)C1. The summed E-state index contributed by atoms with van der Waals surface area (Å²) in [6, 6.07) is 0. The van der Waals surface area contributed by atoms with E-state index in [-0.39, 0.29) is 5.41 Å². The van der Waals surface area contributed by atoms with Gasteiger partial charge < -0.3 is 5.11 Å². The van der Waals surface area contributed by atoms with Gasteiger partial charge in [0.15, 0.2) is 0 Å². The third kappa shape index (κ3) is 2.06. The molecular formula is C21H32O2. The van der Waals surface area contributed by atoms with Gasteiger partial charge >= 0.3 is 0 Å². The van der Waals surface area contributed by atoms with Gasteiger partial charge in [-0.15, -0.1) is 6.58 Å². The smallest absolute Gasteiger partial charge is 0.139 e. The highest BCUT2D eigenvalue weighted by atomic mass is 16.3. The Labute approximate surface area is 140 Å². The number of rotatable bonds is 1. The molecule has 2 heteroatoms. The number of carbonyl (C=O) groups is 1. The van der Waals surface area contributed by atoms with Crippen LogP contribution in [0.25, 0.3) is 0 Å². The fourth-order valence-electron chi connectivity index (χ4n) is 7.23. The topological polar surface area (TPSA) is 37.3 Å². The predicted octanol–water partition coefficient (Wildman–Crippen LogP) is 4.52. The highest BCUT2D eigenvalue weighted by Gasteiger charge is 2.60. The van der Waals surface area contributed by atoms with Crippen LogP contribution in [0.1, 0.15) is 71.6 Å². The van der Waals surface area contributed by atoms with Crippen LogP contribution in [0.2, 0.25) is 0 Å². The van der Waals surface area contributed by atoms with E-state index in [2.05, 4.69) is 20.4 Å². The van der Waals surface area contributed by atoms with E-state index in [9.17, 15) is 9.90 Å². The largest absolute Gasteiger partial charge is 0.386 e. The molecular weight excluding hydrogens is 284 g/mol. The van der Waals surface area contributed by atoms with Crippen LogP contribution < -0.4 is 0 Å². The standard InChI is InChI=1S/C21H32O2/c1-4-21(23)12-11-19(2)14(13-21)5-6-15-16-7-8-18(22)20(16,3)10-9-17(15)19/h4,14-17,23H,1,5-13H2,2-3H3/t14-,15-,16-,17+,19-,20-,21-/m0/s1. The Balaban J connectivity index is 1.62. The molecule has 4 rings (SSSR count). The van der Waals surface area contributed by atoms with Crippen LogP contribution in [0.3, 0.4) is 0 Å². The van der Waals surface area contributed by atoms with Gasteiger partial charge in [-0.1, -0.05) is 19.9 Å². The zero-order valence-corrected chi connectivity index (χ0v) is 14.8. The lowest BCUT2D eigenvalue weighted by molar-refractivity contribution is -0.147. The highest BCUT2D eigenvalue weighted by molar-refractivity contribution is 5.87. The maximum Gasteiger partial charge on any atom is 0.139 e. The van der Waals surface area contributed by atoms with Crippen LogP contribution in [0.4, 0.5) is 0 Å². The summed E-state index contributed by atoms with van der Waals surface area (Å²) in [5, 5.41) is 10.7. The van der Waals surface area contributed by atoms with E-state index in [0.29, 0.717) is 23.0 Å². The zero-order valence-electron chi connectivity index (χ0n) is 14.8. The normalized spacial score (nSPS) is 55.7. The molecule has 0 aromatic heterocycles. The average Bonchev–Trinajstić information content (AvgIpc) is 2.84. The molecule has 0 aromatic carbocycles. The first-order valence-corrected chi connectivity index (χ1v) is 9.72. The van der Waals surface area contributed by atoms with E-state index in [4.69, 9.17) is 0 Å². The van der Waals surface area contributed by atoms with Crippen molar-refractivity contribution in [1.29, 1.82) is 0 Å². The average molecular weight is 316 g/mol. The molecule has 4 aliphatic rings.